The molecule has 112 valence electrons. The molecule has 0 bridgehead atoms. The van der Waals surface area contributed by atoms with Crippen LogP contribution in [0.4, 0.5) is 18.9 Å². The number of rotatable bonds is 4. The van der Waals surface area contributed by atoms with Gasteiger partial charge < -0.3 is 10.5 Å². The highest BCUT2D eigenvalue weighted by molar-refractivity contribution is 7.98. The average Bonchev–Trinajstić information content (AvgIpc) is 2.40. The summed E-state index contributed by atoms with van der Waals surface area (Å²) in [6.45, 7) is 1.98. The fourth-order valence-corrected chi connectivity index (χ4v) is 2.73. The minimum absolute atomic E-state index is 0.216. The molecule has 0 saturated carbocycles. The van der Waals surface area contributed by atoms with Gasteiger partial charge in [0.1, 0.15) is 5.75 Å². The summed E-state index contributed by atoms with van der Waals surface area (Å²) in [7, 11) is 0. The number of aryl methyl sites for hydroxylation is 1. The van der Waals surface area contributed by atoms with Gasteiger partial charge in [-0.25, -0.2) is 0 Å². The monoisotopic (exact) mass is 313 g/mol. The van der Waals surface area contributed by atoms with Crippen LogP contribution in [-0.4, -0.2) is 6.36 Å². The minimum Gasteiger partial charge on any atom is -0.406 e. The molecule has 2 nitrogen and oxygen atoms in total. The number of anilines is 1. The number of ether oxygens (including phenoxy) is 1. The molecule has 2 aromatic carbocycles. The summed E-state index contributed by atoms with van der Waals surface area (Å²) in [6, 6.07) is 11.6. The van der Waals surface area contributed by atoms with Gasteiger partial charge in [0.2, 0.25) is 0 Å². The lowest BCUT2D eigenvalue weighted by atomic mass is 10.2. The van der Waals surface area contributed by atoms with Crippen LogP contribution in [0.5, 0.6) is 5.75 Å². The Morgan fingerprint density at radius 2 is 1.76 bits per heavy atom. The van der Waals surface area contributed by atoms with Crippen LogP contribution < -0.4 is 10.5 Å². The van der Waals surface area contributed by atoms with E-state index in [2.05, 4.69) is 4.74 Å². The molecule has 0 saturated heterocycles. The highest BCUT2D eigenvalue weighted by Gasteiger charge is 2.30. The molecular formula is C15H14F3NOS. The van der Waals surface area contributed by atoms with Gasteiger partial charge >= 0.3 is 6.36 Å². The third-order valence-corrected chi connectivity index (χ3v) is 3.86. The first kappa shape index (κ1) is 15.6. The Bertz CT molecular complexity index is 611. The fraction of sp³-hybridized carbons (Fsp3) is 0.200. The molecule has 2 aromatic rings. The molecule has 0 aliphatic rings. The SMILES string of the molecule is Cc1ccc(N)c(SCc2ccc(OC(F)(F)F)cc2)c1. The van der Waals surface area contributed by atoms with E-state index in [4.69, 9.17) is 5.73 Å². The molecule has 0 aromatic heterocycles. The van der Waals surface area contributed by atoms with Gasteiger partial charge in [-0.1, -0.05) is 18.2 Å². The Morgan fingerprint density at radius 1 is 1.10 bits per heavy atom. The van der Waals surface area contributed by atoms with Crippen molar-refractivity contribution in [1.82, 2.24) is 0 Å². The number of nitrogen functional groups attached to an aromatic ring is 1. The lowest BCUT2D eigenvalue weighted by Crippen LogP contribution is -2.16. The Balaban J connectivity index is 1.99. The lowest BCUT2D eigenvalue weighted by Gasteiger charge is -2.10. The molecule has 2 rings (SSSR count). The maximum absolute atomic E-state index is 12.1. The maximum atomic E-state index is 12.1. The van der Waals surface area contributed by atoms with E-state index in [0.29, 0.717) is 11.4 Å². The molecule has 0 spiro atoms. The van der Waals surface area contributed by atoms with Gasteiger partial charge in [0.15, 0.2) is 0 Å². The summed E-state index contributed by atoms with van der Waals surface area (Å²) in [5.41, 5.74) is 8.59. The van der Waals surface area contributed by atoms with Crippen molar-refractivity contribution in [2.45, 2.75) is 23.9 Å². The molecule has 0 amide bonds. The zero-order valence-electron chi connectivity index (χ0n) is 11.3. The van der Waals surface area contributed by atoms with Gasteiger partial charge in [0.05, 0.1) is 0 Å². The number of alkyl halides is 3. The zero-order valence-corrected chi connectivity index (χ0v) is 12.1. The molecule has 0 unspecified atom stereocenters. The lowest BCUT2D eigenvalue weighted by molar-refractivity contribution is -0.274. The van der Waals surface area contributed by atoms with Crippen molar-refractivity contribution in [3.05, 3.63) is 53.6 Å². The first-order chi connectivity index (χ1) is 9.83. The van der Waals surface area contributed by atoms with E-state index in [1.165, 1.54) is 12.1 Å². The standard InChI is InChI=1S/C15H14F3NOS/c1-10-2-7-13(19)14(8-10)21-9-11-3-5-12(6-4-11)20-15(16,17)18/h2-8H,9,19H2,1H3. The van der Waals surface area contributed by atoms with Crippen LogP contribution in [-0.2, 0) is 5.75 Å². The normalized spacial score (nSPS) is 11.4. The van der Waals surface area contributed by atoms with Crippen LogP contribution in [0.15, 0.2) is 47.4 Å². The molecular weight excluding hydrogens is 299 g/mol. The number of thioether (sulfide) groups is 1. The smallest absolute Gasteiger partial charge is 0.406 e. The average molecular weight is 313 g/mol. The van der Waals surface area contributed by atoms with E-state index in [0.717, 1.165) is 16.0 Å². The molecule has 6 heteroatoms. The second-order valence-corrected chi connectivity index (χ2v) is 5.54. The number of hydrogen-bond donors (Lipinski definition) is 1. The Morgan fingerprint density at radius 3 is 2.38 bits per heavy atom. The number of benzene rings is 2. The summed E-state index contributed by atoms with van der Waals surface area (Å²) in [5, 5.41) is 0. The van der Waals surface area contributed by atoms with Gasteiger partial charge in [-0.05, 0) is 42.3 Å². The number of hydrogen-bond acceptors (Lipinski definition) is 3. The summed E-state index contributed by atoms with van der Waals surface area (Å²) in [6.07, 6.45) is -4.66. The van der Waals surface area contributed by atoms with Gasteiger partial charge in [-0.2, -0.15) is 0 Å². The van der Waals surface area contributed by atoms with Crippen LogP contribution in [0.3, 0.4) is 0 Å². The number of nitrogens with two attached hydrogens (primary N) is 1. The van der Waals surface area contributed by atoms with E-state index >= 15 is 0 Å². The third-order valence-electron chi connectivity index (χ3n) is 2.72. The fourth-order valence-electron chi connectivity index (χ4n) is 1.72. The summed E-state index contributed by atoms with van der Waals surface area (Å²) < 4.78 is 40.0. The molecule has 0 fully saturated rings. The van der Waals surface area contributed by atoms with Crippen LogP contribution in [0.25, 0.3) is 0 Å². The van der Waals surface area contributed by atoms with Crippen LogP contribution in [0.2, 0.25) is 0 Å². The molecule has 0 radical (unpaired) electrons. The van der Waals surface area contributed by atoms with Crippen molar-refractivity contribution in [1.29, 1.82) is 0 Å². The largest absolute Gasteiger partial charge is 0.573 e. The first-order valence-corrected chi connectivity index (χ1v) is 7.16. The van der Waals surface area contributed by atoms with E-state index < -0.39 is 6.36 Å². The number of halogens is 3. The Hall–Kier alpha value is -1.82. The first-order valence-electron chi connectivity index (χ1n) is 6.17. The molecule has 2 N–H and O–H groups in total. The van der Waals surface area contributed by atoms with Gasteiger partial charge in [-0.15, -0.1) is 24.9 Å². The van der Waals surface area contributed by atoms with Crippen molar-refractivity contribution in [3.8, 4) is 5.75 Å². The molecule has 0 atom stereocenters. The van der Waals surface area contributed by atoms with Gasteiger partial charge in [0, 0.05) is 16.3 Å². The highest BCUT2D eigenvalue weighted by Crippen LogP contribution is 2.30. The quantitative estimate of drug-likeness (QED) is 0.652. The minimum atomic E-state index is -4.66. The zero-order chi connectivity index (χ0) is 15.5. The van der Waals surface area contributed by atoms with E-state index in [1.54, 1.807) is 23.9 Å². The van der Waals surface area contributed by atoms with Crippen molar-refractivity contribution < 1.29 is 17.9 Å². The van der Waals surface area contributed by atoms with Crippen LogP contribution in [0.1, 0.15) is 11.1 Å². The molecule has 21 heavy (non-hydrogen) atoms. The predicted molar refractivity (Wildman–Crippen MR) is 78.3 cm³/mol. The van der Waals surface area contributed by atoms with Crippen molar-refractivity contribution in [2.24, 2.45) is 0 Å². The van der Waals surface area contributed by atoms with E-state index in [1.807, 2.05) is 25.1 Å². The summed E-state index contributed by atoms with van der Waals surface area (Å²) in [5.74, 6) is 0.409. The maximum Gasteiger partial charge on any atom is 0.573 e. The van der Waals surface area contributed by atoms with Crippen molar-refractivity contribution >= 4 is 17.4 Å². The van der Waals surface area contributed by atoms with Crippen molar-refractivity contribution in [2.75, 3.05) is 5.73 Å². The van der Waals surface area contributed by atoms with Gasteiger partial charge in [0.25, 0.3) is 0 Å². The molecule has 0 aliphatic heterocycles. The van der Waals surface area contributed by atoms with Gasteiger partial charge in [-0.3, -0.25) is 0 Å². The van der Waals surface area contributed by atoms with Crippen LogP contribution in [0, 0.1) is 6.92 Å². The third kappa shape index (κ3) is 4.90. The molecule has 0 heterocycles. The van der Waals surface area contributed by atoms with E-state index in [9.17, 15) is 13.2 Å². The Kier molecular flexibility index (Phi) is 4.67. The second-order valence-electron chi connectivity index (χ2n) is 4.52. The topological polar surface area (TPSA) is 35.2 Å². The second kappa shape index (κ2) is 6.30. The Labute approximate surface area is 125 Å². The van der Waals surface area contributed by atoms with E-state index in [-0.39, 0.29) is 5.75 Å². The summed E-state index contributed by atoms with van der Waals surface area (Å²) >= 11 is 1.55. The summed E-state index contributed by atoms with van der Waals surface area (Å²) in [4.78, 5) is 0.964. The highest BCUT2D eigenvalue weighted by atomic mass is 32.2. The van der Waals surface area contributed by atoms with Crippen molar-refractivity contribution in [3.63, 3.8) is 0 Å². The predicted octanol–water partition coefficient (Wildman–Crippen LogP) is 4.77. The molecule has 0 aliphatic carbocycles. The van der Waals surface area contributed by atoms with Crippen LogP contribution >= 0.6 is 11.8 Å².